The maximum absolute atomic E-state index is 12.9. The third-order valence-corrected chi connectivity index (χ3v) is 4.20. The summed E-state index contributed by atoms with van der Waals surface area (Å²) in [5.74, 6) is 0.192. The highest BCUT2D eigenvalue weighted by molar-refractivity contribution is 5.75. The summed E-state index contributed by atoms with van der Waals surface area (Å²) in [5, 5.41) is 6.99. The van der Waals surface area contributed by atoms with Crippen LogP contribution in [0.4, 0.5) is 0 Å². The van der Waals surface area contributed by atoms with Crippen molar-refractivity contribution < 1.29 is 4.79 Å². The highest BCUT2D eigenvalue weighted by Crippen LogP contribution is 2.18. The van der Waals surface area contributed by atoms with Gasteiger partial charge in [-0.05, 0) is 45.6 Å². The van der Waals surface area contributed by atoms with Crippen molar-refractivity contribution in [1.82, 2.24) is 24.6 Å². The van der Waals surface area contributed by atoms with Crippen LogP contribution in [0.5, 0.6) is 0 Å². The zero-order chi connectivity index (χ0) is 16.6. The van der Waals surface area contributed by atoms with Gasteiger partial charge in [-0.15, -0.1) is 0 Å². The van der Waals surface area contributed by atoms with E-state index in [-0.39, 0.29) is 18.0 Å². The molecule has 0 aliphatic heterocycles. The van der Waals surface area contributed by atoms with Gasteiger partial charge in [-0.3, -0.25) is 14.2 Å². The molecular formula is C16H21N5O2. The Kier molecular flexibility index (Phi) is 4.02. The van der Waals surface area contributed by atoms with Crippen LogP contribution in [0.3, 0.4) is 0 Å². The molecule has 7 nitrogen and oxygen atoms in total. The average molecular weight is 315 g/mol. The van der Waals surface area contributed by atoms with E-state index < -0.39 is 0 Å². The first kappa shape index (κ1) is 15.5. The average Bonchev–Trinajstić information content (AvgIpc) is 2.88. The zero-order valence-corrected chi connectivity index (χ0v) is 13.7. The number of aryl methyl sites for hydroxylation is 3. The number of fused-ring (bicyclic) bond motifs is 1. The van der Waals surface area contributed by atoms with E-state index in [2.05, 4.69) is 15.4 Å². The number of nitrogens with zero attached hydrogens (tertiary/aromatic N) is 4. The van der Waals surface area contributed by atoms with E-state index in [1.807, 2.05) is 19.9 Å². The minimum Gasteiger partial charge on any atom is -0.358 e. The van der Waals surface area contributed by atoms with Crippen molar-refractivity contribution in [2.45, 2.75) is 46.1 Å². The summed E-state index contributed by atoms with van der Waals surface area (Å²) in [6, 6.07) is 1.93. The Morgan fingerprint density at radius 1 is 1.30 bits per heavy atom. The maximum Gasteiger partial charge on any atom is 0.258 e. The van der Waals surface area contributed by atoms with Gasteiger partial charge in [0.1, 0.15) is 6.54 Å². The topological polar surface area (TPSA) is 81.8 Å². The predicted octanol–water partition coefficient (Wildman–Crippen LogP) is 0.671. The number of amides is 1. The summed E-state index contributed by atoms with van der Waals surface area (Å²) in [4.78, 5) is 29.4. The van der Waals surface area contributed by atoms with E-state index in [9.17, 15) is 9.59 Å². The first-order valence-corrected chi connectivity index (χ1v) is 7.88. The summed E-state index contributed by atoms with van der Waals surface area (Å²) >= 11 is 0. The van der Waals surface area contributed by atoms with Crippen LogP contribution in [0, 0.1) is 13.8 Å². The molecule has 2 heterocycles. The Morgan fingerprint density at radius 3 is 2.70 bits per heavy atom. The highest BCUT2D eigenvalue weighted by Gasteiger charge is 2.22. The van der Waals surface area contributed by atoms with Gasteiger partial charge in [0.25, 0.3) is 5.56 Å². The molecule has 0 saturated carbocycles. The van der Waals surface area contributed by atoms with Crippen molar-refractivity contribution in [2.24, 2.45) is 0 Å². The molecular weight excluding hydrogens is 294 g/mol. The van der Waals surface area contributed by atoms with Crippen LogP contribution in [0.2, 0.25) is 0 Å². The molecule has 0 bridgehead atoms. The Labute approximate surface area is 134 Å². The molecule has 1 N–H and O–H groups in total. The lowest BCUT2D eigenvalue weighted by atomic mass is 9.97. The van der Waals surface area contributed by atoms with Gasteiger partial charge in [0.05, 0.1) is 11.4 Å². The van der Waals surface area contributed by atoms with E-state index in [1.54, 1.807) is 11.7 Å². The summed E-state index contributed by atoms with van der Waals surface area (Å²) in [7, 11) is 1.56. The minimum atomic E-state index is -0.229. The van der Waals surface area contributed by atoms with Crippen molar-refractivity contribution in [3.8, 4) is 5.95 Å². The van der Waals surface area contributed by atoms with E-state index in [1.165, 1.54) is 4.57 Å². The Balaban J connectivity index is 2.23. The SMILES string of the molecule is CNC(=O)Cn1c(-n2nc(C)cc2C)nc2c(c1=O)CCCC2. The molecule has 0 saturated heterocycles. The lowest BCUT2D eigenvalue weighted by Gasteiger charge is -2.19. The first-order valence-electron chi connectivity index (χ1n) is 7.88. The molecule has 0 atom stereocenters. The summed E-state index contributed by atoms with van der Waals surface area (Å²) < 4.78 is 3.08. The molecule has 2 aromatic heterocycles. The molecule has 23 heavy (non-hydrogen) atoms. The number of likely N-dealkylation sites (N-methyl/N-ethyl adjacent to an activating group) is 1. The maximum atomic E-state index is 12.9. The van der Waals surface area contributed by atoms with Gasteiger partial charge in [-0.2, -0.15) is 5.10 Å². The second-order valence-electron chi connectivity index (χ2n) is 5.95. The van der Waals surface area contributed by atoms with Gasteiger partial charge in [0.2, 0.25) is 11.9 Å². The Morgan fingerprint density at radius 2 is 2.04 bits per heavy atom. The number of carbonyl (C=O) groups is 1. The van der Waals surface area contributed by atoms with Crippen molar-refractivity contribution in [3.05, 3.63) is 39.1 Å². The normalized spacial score (nSPS) is 13.7. The molecule has 0 aromatic carbocycles. The largest absolute Gasteiger partial charge is 0.358 e. The fourth-order valence-corrected chi connectivity index (χ4v) is 3.04. The lowest BCUT2D eigenvalue weighted by Crippen LogP contribution is -2.37. The lowest BCUT2D eigenvalue weighted by molar-refractivity contribution is -0.121. The number of hydrogen-bond donors (Lipinski definition) is 1. The standard InChI is InChI=1S/C16H21N5O2/c1-10-8-11(2)21(19-10)16-18-13-7-5-4-6-12(13)15(23)20(16)9-14(22)17-3/h8H,4-7,9H2,1-3H3,(H,17,22). The van der Waals surface area contributed by atoms with Gasteiger partial charge >= 0.3 is 0 Å². The Bertz CT molecular complexity index is 819. The van der Waals surface area contributed by atoms with Crippen LogP contribution in [-0.2, 0) is 24.2 Å². The molecule has 1 aliphatic carbocycles. The van der Waals surface area contributed by atoms with Crippen LogP contribution >= 0.6 is 0 Å². The molecule has 1 amide bonds. The molecule has 3 rings (SSSR count). The first-order chi connectivity index (χ1) is 11.0. The monoisotopic (exact) mass is 315 g/mol. The van der Waals surface area contributed by atoms with E-state index in [4.69, 9.17) is 0 Å². The van der Waals surface area contributed by atoms with Crippen molar-refractivity contribution in [1.29, 1.82) is 0 Å². The van der Waals surface area contributed by atoms with Gasteiger partial charge < -0.3 is 5.32 Å². The molecule has 0 fully saturated rings. The number of nitrogens with one attached hydrogen (secondary N) is 1. The molecule has 122 valence electrons. The quantitative estimate of drug-likeness (QED) is 0.902. The number of aromatic nitrogens is 4. The van der Waals surface area contributed by atoms with Crippen LogP contribution in [0.1, 0.15) is 35.5 Å². The molecule has 2 aromatic rings. The van der Waals surface area contributed by atoms with Gasteiger partial charge in [0, 0.05) is 18.3 Å². The summed E-state index contributed by atoms with van der Waals surface area (Å²) in [6.45, 7) is 3.75. The minimum absolute atomic E-state index is 0.0523. The van der Waals surface area contributed by atoms with Crippen LogP contribution in [0.15, 0.2) is 10.9 Å². The molecule has 0 radical (unpaired) electrons. The van der Waals surface area contributed by atoms with Crippen molar-refractivity contribution in [2.75, 3.05) is 7.05 Å². The van der Waals surface area contributed by atoms with Crippen LogP contribution in [0.25, 0.3) is 5.95 Å². The zero-order valence-electron chi connectivity index (χ0n) is 13.7. The van der Waals surface area contributed by atoms with Crippen LogP contribution < -0.4 is 10.9 Å². The number of carbonyl (C=O) groups excluding carboxylic acids is 1. The van der Waals surface area contributed by atoms with E-state index in [0.717, 1.165) is 48.3 Å². The van der Waals surface area contributed by atoms with Gasteiger partial charge in [0.15, 0.2) is 0 Å². The van der Waals surface area contributed by atoms with Gasteiger partial charge in [-0.25, -0.2) is 9.67 Å². The Hall–Kier alpha value is -2.44. The third-order valence-electron chi connectivity index (χ3n) is 4.20. The van der Waals surface area contributed by atoms with Crippen molar-refractivity contribution in [3.63, 3.8) is 0 Å². The highest BCUT2D eigenvalue weighted by atomic mass is 16.2. The van der Waals surface area contributed by atoms with Crippen LogP contribution in [-0.4, -0.2) is 32.3 Å². The summed E-state index contributed by atoms with van der Waals surface area (Å²) in [6.07, 6.45) is 3.56. The second-order valence-corrected chi connectivity index (χ2v) is 5.95. The van der Waals surface area contributed by atoms with E-state index in [0.29, 0.717) is 5.95 Å². The number of hydrogen-bond acceptors (Lipinski definition) is 4. The molecule has 1 aliphatic rings. The fourth-order valence-electron chi connectivity index (χ4n) is 3.04. The third kappa shape index (κ3) is 2.78. The fraction of sp³-hybridized carbons (Fsp3) is 0.500. The van der Waals surface area contributed by atoms with Gasteiger partial charge in [-0.1, -0.05) is 0 Å². The molecule has 0 unspecified atom stereocenters. The molecule has 7 heteroatoms. The van der Waals surface area contributed by atoms with Crippen molar-refractivity contribution >= 4 is 5.91 Å². The summed E-state index contributed by atoms with van der Waals surface area (Å²) in [5.41, 5.74) is 3.19. The predicted molar refractivity (Wildman–Crippen MR) is 85.8 cm³/mol. The molecule has 0 spiro atoms. The smallest absolute Gasteiger partial charge is 0.258 e. The number of rotatable bonds is 3. The second kappa shape index (κ2) is 5.98. The van der Waals surface area contributed by atoms with E-state index >= 15 is 0 Å².